The summed E-state index contributed by atoms with van der Waals surface area (Å²) in [5.74, 6) is 0. The molecule has 0 spiro atoms. The van der Waals surface area contributed by atoms with Gasteiger partial charge in [0.05, 0.1) is 6.04 Å². The summed E-state index contributed by atoms with van der Waals surface area (Å²) in [7, 11) is 0. The van der Waals surface area contributed by atoms with Crippen molar-refractivity contribution in [2.24, 2.45) is 4.99 Å². The Morgan fingerprint density at radius 2 is 1.72 bits per heavy atom. The van der Waals surface area contributed by atoms with Gasteiger partial charge in [0, 0.05) is 10.7 Å². The first-order valence-corrected chi connectivity index (χ1v) is 6.86. The van der Waals surface area contributed by atoms with Crippen molar-refractivity contribution in [3.05, 3.63) is 70.2 Å². The Bertz CT molecular complexity index is 502. The van der Waals surface area contributed by atoms with Crippen LogP contribution in [-0.2, 0) is 6.42 Å². The van der Waals surface area contributed by atoms with E-state index in [1.807, 2.05) is 24.4 Å². The summed E-state index contributed by atoms with van der Waals surface area (Å²) in [5.41, 5.74) is 2.47. The predicted octanol–water partition coefficient (Wildman–Crippen LogP) is 4.50. The lowest BCUT2D eigenvalue weighted by atomic mass is 10.1. The maximum Gasteiger partial charge on any atom is 0.0511 e. The lowest BCUT2D eigenvalue weighted by molar-refractivity contribution is 0.744. The molecule has 0 radical (unpaired) electrons. The molecule has 0 amide bonds. The van der Waals surface area contributed by atoms with Gasteiger partial charge in [0.25, 0.3) is 0 Å². The first-order chi connectivity index (χ1) is 8.74. The van der Waals surface area contributed by atoms with Gasteiger partial charge in [-0.1, -0.05) is 58.4 Å². The van der Waals surface area contributed by atoms with Crippen LogP contribution in [0, 0.1) is 0 Å². The first-order valence-electron chi connectivity index (χ1n) is 6.07. The summed E-state index contributed by atoms with van der Waals surface area (Å²) >= 11 is 3.43. The van der Waals surface area contributed by atoms with Gasteiger partial charge in [0.1, 0.15) is 0 Å². The largest absolute Gasteiger partial charge is 0.289 e. The standard InChI is InChI=1S/C16H16BrN/c1-13(11-14-5-3-2-4-6-14)18-12-15-7-9-16(17)10-8-15/h2-10,12-13H,11H2,1H3. The van der Waals surface area contributed by atoms with Crippen LogP contribution in [0.1, 0.15) is 18.1 Å². The number of nitrogens with zero attached hydrogens (tertiary/aromatic N) is 1. The SMILES string of the molecule is CC(Cc1ccccc1)N=Cc1ccc(Br)cc1. The zero-order chi connectivity index (χ0) is 12.8. The monoisotopic (exact) mass is 301 g/mol. The topological polar surface area (TPSA) is 12.4 Å². The van der Waals surface area contributed by atoms with Gasteiger partial charge in [-0.15, -0.1) is 0 Å². The van der Waals surface area contributed by atoms with Crippen molar-refractivity contribution in [2.75, 3.05) is 0 Å². The smallest absolute Gasteiger partial charge is 0.0511 e. The molecule has 1 unspecified atom stereocenters. The summed E-state index contributed by atoms with van der Waals surface area (Å²) in [5, 5.41) is 0. The van der Waals surface area contributed by atoms with E-state index in [1.165, 1.54) is 5.56 Å². The molecule has 0 aliphatic heterocycles. The van der Waals surface area contributed by atoms with Crippen molar-refractivity contribution < 1.29 is 0 Å². The Morgan fingerprint density at radius 3 is 2.39 bits per heavy atom. The predicted molar refractivity (Wildman–Crippen MR) is 81.3 cm³/mol. The number of aliphatic imine (C=N–C) groups is 1. The van der Waals surface area contributed by atoms with Crippen LogP contribution in [0.5, 0.6) is 0 Å². The molecule has 2 aromatic rings. The highest BCUT2D eigenvalue weighted by Gasteiger charge is 1.99. The summed E-state index contributed by atoms with van der Waals surface area (Å²) in [6, 6.07) is 19.0. The molecule has 1 atom stereocenters. The van der Waals surface area contributed by atoms with Crippen LogP contribution in [0.2, 0.25) is 0 Å². The molecule has 0 aliphatic carbocycles. The van der Waals surface area contributed by atoms with E-state index < -0.39 is 0 Å². The summed E-state index contributed by atoms with van der Waals surface area (Å²) in [6.07, 6.45) is 2.92. The minimum atomic E-state index is 0.302. The van der Waals surface area contributed by atoms with Gasteiger partial charge >= 0.3 is 0 Å². The molecule has 0 aliphatic rings. The van der Waals surface area contributed by atoms with E-state index in [-0.39, 0.29) is 0 Å². The van der Waals surface area contributed by atoms with Crippen LogP contribution in [0.3, 0.4) is 0 Å². The average Bonchev–Trinajstić information content (AvgIpc) is 2.39. The van der Waals surface area contributed by atoms with E-state index in [4.69, 9.17) is 0 Å². The lowest BCUT2D eigenvalue weighted by Crippen LogP contribution is -2.03. The number of halogens is 1. The minimum Gasteiger partial charge on any atom is -0.289 e. The van der Waals surface area contributed by atoms with Crippen LogP contribution < -0.4 is 0 Å². The maximum absolute atomic E-state index is 4.58. The first kappa shape index (κ1) is 13.0. The highest BCUT2D eigenvalue weighted by molar-refractivity contribution is 9.10. The van der Waals surface area contributed by atoms with E-state index in [2.05, 4.69) is 64.2 Å². The normalized spacial score (nSPS) is 12.8. The molecule has 0 fully saturated rings. The minimum absolute atomic E-state index is 0.302. The van der Waals surface area contributed by atoms with Crippen LogP contribution >= 0.6 is 15.9 Å². The molecule has 18 heavy (non-hydrogen) atoms. The molecule has 0 aromatic heterocycles. The summed E-state index contributed by atoms with van der Waals surface area (Å²) in [6.45, 7) is 2.14. The fraction of sp³-hybridized carbons (Fsp3) is 0.188. The third-order valence-corrected chi connectivity index (χ3v) is 3.25. The second-order valence-corrected chi connectivity index (χ2v) is 5.28. The van der Waals surface area contributed by atoms with Crippen molar-refractivity contribution in [1.82, 2.24) is 0 Å². The van der Waals surface area contributed by atoms with Gasteiger partial charge in [-0.05, 0) is 36.6 Å². The van der Waals surface area contributed by atoms with Crippen molar-refractivity contribution in [2.45, 2.75) is 19.4 Å². The van der Waals surface area contributed by atoms with E-state index in [0.717, 1.165) is 16.5 Å². The Kier molecular flexibility index (Phi) is 4.71. The second kappa shape index (κ2) is 6.50. The Morgan fingerprint density at radius 1 is 1.06 bits per heavy atom. The fourth-order valence-electron chi connectivity index (χ4n) is 1.77. The van der Waals surface area contributed by atoms with Crippen molar-refractivity contribution in [3.8, 4) is 0 Å². The van der Waals surface area contributed by atoms with E-state index in [9.17, 15) is 0 Å². The van der Waals surface area contributed by atoms with Crippen molar-refractivity contribution in [1.29, 1.82) is 0 Å². The van der Waals surface area contributed by atoms with Gasteiger partial charge < -0.3 is 0 Å². The van der Waals surface area contributed by atoms with Crippen LogP contribution in [0.15, 0.2) is 64.1 Å². The van der Waals surface area contributed by atoms with E-state index in [0.29, 0.717) is 6.04 Å². The quantitative estimate of drug-likeness (QED) is 0.737. The highest BCUT2D eigenvalue weighted by Crippen LogP contribution is 2.10. The molecule has 2 aromatic carbocycles. The Labute approximate surface area is 117 Å². The summed E-state index contributed by atoms with van der Waals surface area (Å²) in [4.78, 5) is 4.58. The summed E-state index contributed by atoms with van der Waals surface area (Å²) < 4.78 is 1.09. The lowest BCUT2D eigenvalue weighted by Gasteiger charge is -2.05. The molecule has 92 valence electrons. The number of benzene rings is 2. The third kappa shape index (κ3) is 4.11. The van der Waals surface area contributed by atoms with Gasteiger partial charge in [0.2, 0.25) is 0 Å². The molecule has 0 bridgehead atoms. The number of rotatable bonds is 4. The van der Waals surface area contributed by atoms with Crippen molar-refractivity contribution in [3.63, 3.8) is 0 Å². The molecule has 0 saturated carbocycles. The number of hydrogen-bond acceptors (Lipinski definition) is 1. The van der Waals surface area contributed by atoms with Gasteiger partial charge in [-0.3, -0.25) is 4.99 Å². The molecule has 2 heteroatoms. The highest BCUT2D eigenvalue weighted by atomic mass is 79.9. The maximum atomic E-state index is 4.58. The van der Waals surface area contributed by atoms with Crippen LogP contribution in [-0.4, -0.2) is 12.3 Å². The van der Waals surface area contributed by atoms with E-state index >= 15 is 0 Å². The molecule has 0 N–H and O–H groups in total. The number of hydrogen-bond donors (Lipinski definition) is 0. The van der Waals surface area contributed by atoms with E-state index in [1.54, 1.807) is 0 Å². The molecule has 0 heterocycles. The molecule has 0 saturated heterocycles. The zero-order valence-corrected chi connectivity index (χ0v) is 12.0. The average molecular weight is 302 g/mol. The van der Waals surface area contributed by atoms with Gasteiger partial charge in [0.15, 0.2) is 0 Å². The van der Waals surface area contributed by atoms with Crippen LogP contribution in [0.25, 0.3) is 0 Å². The molecule has 1 nitrogen and oxygen atoms in total. The molecular formula is C16H16BrN. The Balaban J connectivity index is 1.95. The third-order valence-electron chi connectivity index (χ3n) is 2.72. The fourth-order valence-corrected chi connectivity index (χ4v) is 2.03. The zero-order valence-electron chi connectivity index (χ0n) is 10.4. The molecule has 2 rings (SSSR count). The molecular weight excluding hydrogens is 286 g/mol. The van der Waals surface area contributed by atoms with Crippen molar-refractivity contribution >= 4 is 22.1 Å². The van der Waals surface area contributed by atoms with Crippen LogP contribution in [0.4, 0.5) is 0 Å². The second-order valence-electron chi connectivity index (χ2n) is 4.37. The van der Waals surface area contributed by atoms with Gasteiger partial charge in [-0.2, -0.15) is 0 Å². The Hall–Kier alpha value is -1.41. The van der Waals surface area contributed by atoms with Gasteiger partial charge in [-0.25, -0.2) is 0 Å².